The van der Waals surface area contributed by atoms with E-state index in [4.69, 9.17) is 0 Å². The summed E-state index contributed by atoms with van der Waals surface area (Å²) in [5.74, 6) is -0.0993. The minimum absolute atomic E-state index is 0.0993. The second-order valence-corrected chi connectivity index (χ2v) is 4.69. The summed E-state index contributed by atoms with van der Waals surface area (Å²) in [6, 6.07) is 0. The third-order valence-corrected chi connectivity index (χ3v) is 2.72. The number of aromatic nitrogens is 2. The van der Waals surface area contributed by atoms with E-state index in [-0.39, 0.29) is 12.5 Å². The molecule has 2 N–H and O–H groups in total. The van der Waals surface area contributed by atoms with E-state index >= 15 is 0 Å². The number of nitrogens with zero attached hydrogens (tertiary/aromatic N) is 3. The van der Waals surface area contributed by atoms with Crippen LogP contribution in [0.5, 0.6) is 0 Å². The second-order valence-electron chi connectivity index (χ2n) is 3.63. The maximum atomic E-state index is 11.2. The van der Waals surface area contributed by atoms with Crippen molar-refractivity contribution in [3.8, 4) is 0 Å². The van der Waals surface area contributed by atoms with E-state index in [1.54, 1.807) is 7.05 Å². The minimum Gasteiger partial charge on any atom is -0.311 e. The van der Waals surface area contributed by atoms with Crippen LogP contribution in [0.15, 0.2) is 0 Å². The molecule has 1 aromatic heterocycles. The molecule has 0 radical (unpaired) electrons. The number of nitrogens with one attached hydrogen (secondary N) is 2. The quantitative estimate of drug-likeness (QED) is 0.724. The molecule has 0 aliphatic rings. The Morgan fingerprint density at radius 1 is 1.44 bits per heavy atom. The molecule has 1 rings (SSSR count). The zero-order valence-electron chi connectivity index (χ0n) is 9.78. The number of carbonyl (C=O) groups excluding carboxylic acids is 1. The minimum atomic E-state index is -0.0993. The lowest BCUT2D eigenvalue weighted by molar-refractivity contribution is -0.115. The largest absolute Gasteiger partial charge is 0.311 e. The Bertz CT molecular complexity index is 338. The molecule has 0 fully saturated rings. The van der Waals surface area contributed by atoms with E-state index < -0.39 is 0 Å². The number of carbonyl (C=O) groups is 1. The molecule has 90 valence electrons. The van der Waals surface area contributed by atoms with Gasteiger partial charge in [-0.3, -0.25) is 10.1 Å². The van der Waals surface area contributed by atoms with E-state index in [9.17, 15) is 4.79 Å². The van der Waals surface area contributed by atoms with Crippen molar-refractivity contribution in [2.75, 3.05) is 39.5 Å². The lowest BCUT2D eigenvalue weighted by Crippen LogP contribution is -2.24. The van der Waals surface area contributed by atoms with Crippen molar-refractivity contribution in [2.24, 2.45) is 0 Å². The Kier molecular flexibility index (Phi) is 5.30. The molecule has 1 amide bonds. The number of amides is 1. The molecule has 0 aliphatic heterocycles. The van der Waals surface area contributed by atoms with Gasteiger partial charge in [0, 0.05) is 13.0 Å². The van der Waals surface area contributed by atoms with Gasteiger partial charge in [0.15, 0.2) is 0 Å². The highest BCUT2D eigenvalue weighted by Gasteiger charge is 2.07. The average molecular weight is 243 g/mol. The molecular weight excluding hydrogens is 226 g/mol. The van der Waals surface area contributed by atoms with Crippen LogP contribution in [0.3, 0.4) is 0 Å². The van der Waals surface area contributed by atoms with Gasteiger partial charge in [0.05, 0.1) is 6.54 Å². The van der Waals surface area contributed by atoms with Gasteiger partial charge in [-0.2, -0.15) is 0 Å². The first kappa shape index (κ1) is 13.0. The number of anilines is 1. The highest BCUT2D eigenvalue weighted by atomic mass is 32.1. The number of hydrogen-bond acceptors (Lipinski definition) is 6. The van der Waals surface area contributed by atoms with Crippen LogP contribution in [0.2, 0.25) is 0 Å². The summed E-state index contributed by atoms with van der Waals surface area (Å²) < 4.78 is 0. The van der Waals surface area contributed by atoms with Crippen LogP contribution in [0.25, 0.3) is 0 Å². The highest BCUT2D eigenvalue weighted by molar-refractivity contribution is 7.15. The first-order valence-electron chi connectivity index (χ1n) is 5.03. The van der Waals surface area contributed by atoms with Crippen LogP contribution in [-0.4, -0.2) is 55.2 Å². The topological polar surface area (TPSA) is 70.1 Å². The molecule has 0 aromatic carbocycles. The Balaban J connectivity index is 2.42. The van der Waals surface area contributed by atoms with E-state index in [2.05, 4.69) is 25.7 Å². The molecule has 0 spiro atoms. The predicted octanol–water partition coefficient (Wildman–Crippen LogP) is -0.200. The molecule has 0 saturated heterocycles. The fourth-order valence-electron chi connectivity index (χ4n) is 1.05. The van der Waals surface area contributed by atoms with Crippen LogP contribution < -0.4 is 10.6 Å². The number of hydrogen-bond donors (Lipinski definition) is 2. The van der Waals surface area contributed by atoms with Gasteiger partial charge in [-0.05, 0) is 21.1 Å². The molecular formula is C9H17N5OS. The van der Waals surface area contributed by atoms with Gasteiger partial charge < -0.3 is 10.2 Å². The van der Waals surface area contributed by atoms with Crippen molar-refractivity contribution in [3.05, 3.63) is 5.01 Å². The van der Waals surface area contributed by atoms with Gasteiger partial charge in [-0.15, -0.1) is 10.2 Å². The smallest absolute Gasteiger partial charge is 0.240 e. The van der Waals surface area contributed by atoms with Crippen LogP contribution in [-0.2, 0) is 11.2 Å². The first-order chi connectivity index (χ1) is 7.61. The molecule has 0 bridgehead atoms. The van der Waals surface area contributed by atoms with E-state index in [0.717, 1.165) is 18.0 Å². The lowest BCUT2D eigenvalue weighted by Gasteiger charge is -2.05. The van der Waals surface area contributed by atoms with Gasteiger partial charge in [-0.25, -0.2) is 0 Å². The monoisotopic (exact) mass is 243 g/mol. The SMILES string of the molecule is CNCC(=O)Nc1nnc(CCN(C)C)s1. The fourth-order valence-corrected chi connectivity index (χ4v) is 1.79. The number of likely N-dealkylation sites (N-methyl/N-ethyl adjacent to an activating group) is 2. The van der Waals surface area contributed by atoms with Crippen LogP contribution in [0.1, 0.15) is 5.01 Å². The molecule has 6 nitrogen and oxygen atoms in total. The standard InChI is InChI=1S/C9H17N5OS/c1-10-6-7(15)11-9-13-12-8(16-9)4-5-14(2)3/h10H,4-6H2,1-3H3,(H,11,13,15). The fraction of sp³-hybridized carbons (Fsp3) is 0.667. The Morgan fingerprint density at radius 3 is 2.81 bits per heavy atom. The molecule has 0 atom stereocenters. The van der Waals surface area contributed by atoms with E-state index in [1.165, 1.54) is 11.3 Å². The summed E-state index contributed by atoms with van der Waals surface area (Å²) in [4.78, 5) is 13.3. The summed E-state index contributed by atoms with van der Waals surface area (Å²) >= 11 is 1.42. The van der Waals surface area contributed by atoms with Gasteiger partial charge in [0.2, 0.25) is 11.0 Å². The second kappa shape index (κ2) is 6.51. The van der Waals surface area contributed by atoms with Crippen LogP contribution in [0.4, 0.5) is 5.13 Å². The van der Waals surface area contributed by atoms with Crippen molar-refractivity contribution in [1.29, 1.82) is 0 Å². The zero-order chi connectivity index (χ0) is 12.0. The van der Waals surface area contributed by atoms with Gasteiger partial charge in [-0.1, -0.05) is 11.3 Å². The third-order valence-electron chi connectivity index (χ3n) is 1.82. The van der Waals surface area contributed by atoms with Crippen molar-refractivity contribution < 1.29 is 4.79 Å². The summed E-state index contributed by atoms with van der Waals surface area (Å²) in [6.07, 6.45) is 0.854. The van der Waals surface area contributed by atoms with Gasteiger partial charge >= 0.3 is 0 Å². The Hall–Kier alpha value is -1.05. The normalized spacial score (nSPS) is 10.8. The van der Waals surface area contributed by atoms with Crippen molar-refractivity contribution in [1.82, 2.24) is 20.4 Å². The molecule has 0 aliphatic carbocycles. The van der Waals surface area contributed by atoms with E-state index in [0.29, 0.717) is 5.13 Å². The highest BCUT2D eigenvalue weighted by Crippen LogP contribution is 2.15. The van der Waals surface area contributed by atoms with Crippen molar-refractivity contribution >= 4 is 22.4 Å². The van der Waals surface area contributed by atoms with Crippen LogP contribution in [0, 0.1) is 0 Å². The lowest BCUT2D eigenvalue weighted by atomic mass is 10.4. The van der Waals surface area contributed by atoms with Crippen molar-refractivity contribution in [3.63, 3.8) is 0 Å². The molecule has 7 heteroatoms. The molecule has 0 unspecified atom stereocenters. The molecule has 16 heavy (non-hydrogen) atoms. The Morgan fingerprint density at radius 2 is 2.19 bits per heavy atom. The zero-order valence-corrected chi connectivity index (χ0v) is 10.6. The summed E-state index contributed by atoms with van der Waals surface area (Å²) in [7, 11) is 5.75. The Labute approximate surface area is 99.1 Å². The maximum absolute atomic E-state index is 11.2. The molecule has 1 aromatic rings. The van der Waals surface area contributed by atoms with Crippen LogP contribution >= 0.6 is 11.3 Å². The maximum Gasteiger partial charge on any atom is 0.240 e. The summed E-state index contributed by atoms with van der Waals surface area (Å²) in [5, 5.41) is 14.9. The summed E-state index contributed by atoms with van der Waals surface area (Å²) in [5.41, 5.74) is 0. The van der Waals surface area contributed by atoms with Crippen molar-refractivity contribution in [2.45, 2.75) is 6.42 Å². The summed E-state index contributed by atoms with van der Waals surface area (Å²) in [6.45, 7) is 1.21. The first-order valence-corrected chi connectivity index (χ1v) is 5.85. The number of rotatable bonds is 6. The van der Waals surface area contributed by atoms with Gasteiger partial charge in [0.25, 0.3) is 0 Å². The molecule has 0 saturated carbocycles. The van der Waals surface area contributed by atoms with E-state index in [1.807, 2.05) is 14.1 Å². The average Bonchev–Trinajstić information content (AvgIpc) is 2.63. The predicted molar refractivity (Wildman–Crippen MR) is 64.7 cm³/mol. The molecule has 1 heterocycles. The van der Waals surface area contributed by atoms with Gasteiger partial charge in [0.1, 0.15) is 5.01 Å². The third kappa shape index (κ3) is 4.65.